The first-order chi connectivity index (χ1) is 22.7. The Morgan fingerprint density at radius 2 is 1.55 bits per heavy atom. The number of nitrogens with zero attached hydrogens (tertiary/aromatic N) is 5. The molecule has 0 saturated carbocycles. The molecule has 2 unspecified atom stereocenters. The summed E-state index contributed by atoms with van der Waals surface area (Å²) in [6.07, 6.45) is -9.24. The van der Waals surface area contributed by atoms with Gasteiger partial charge >= 0.3 is 29.4 Å². The van der Waals surface area contributed by atoms with Gasteiger partial charge in [0.25, 0.3) is 6.23 Å². The molecule has 2 fully saturated rings. The summed E-state index contributed by atoms with van der Waals surface area (Å²) >= 11 is 0. The number of phosphoric acid groups is 3. The van der Waals surface area contributed by atoms with Gasteiger partial charge in [0, 0.05) is 0 Å². The molecule has 5 rings (SSSR count). The number of aliphatic hydroxyl groups is 3. The average molecular weight is 760 g/mol. The normalized spacial score (nSPS) is 29.9. The highest BCUT2D eigenvalue weighted by molar-refractivity contribution is 7.61. The van der Waals surface area contributed by atoms with Gasteiger partial charge in [-0.3, -0.25) is 18.1 Å². The van der Waals surface area contributed by atoms with Gasteiger partial charge in [-0.25, -0.2) is 33.4 Å². The molecule has 0 spiro atoms. The molecular formula is C21H29N7O18P3+. The summed E-state index contributed by atoms with van der Waals surface area (Å²) in [6, 6.07) is 1.12. The van der Waals surface area contributed by atoms with Gasteiger partial charge in [-0.2, -0.15) is 8.88 Å². The van der Waals surface area contributed by atoms with Gasteiger partial charge in [0.15, 0.2) is 36.2 Å². The van der Waals surface area contributed by atoms with Crippen LogP contribution in [0.4, 0.5) is 11.5 Å². The molecular weight excluding hydrogens is 731 g/mol. The number of hydrogen-bond donors (Lipinski definition) is 10. The first-order valence-electron chi connectivity index (χ1n) is 13.5. The maximum atomic E-state index is 12.6. The monoisotopic (exact) mass is 760 g/mol. The fourth-order valence-corrected chi connectivity index (χ4v) is 7.56. The second-order valence-electron chi connectivity index (χ2n) is 10.5. The van der Waals surface area contributed by atoms with Gasteiger partial charge in [0.05, 0.1) is 25.2 Å². The van der Waals surface area contributed by atoms with Gasteiger partial charge in [0.2, 0.25) is 0 Å². The Morgan fingerprint density at radius 3 is 2.16 bits per heavy atom. The van der Waals surface area contributed by atoms with E-state index in [1.54, 1.807) is 0 Å². The second-order valence-corrected chi connectivity index (χ2v) is 14.7. The second kappa shape index (κ2) is 13.9. The lowest BCUT2D eigenvalue weighted by molar-refractivity contribution is -0.765. The molecule has 0 radical (unpaired) electrons. The molecule has 28 heteroatoms. The maximum Gasteiger partial charge on any atom is 0.481 e. The number of anilines is 2. The number of ether oxygens (including phenoxy) is 2. The average Bonchev–Trinajstić information content (AvgIpc) is 3.64. The van der Waals surface area contributed by atoms with Crippen molar-refractivity contribution >= 4 is 52.1 Å². The zero-order valence-electron chi connectivity index (χ0n) is 24.3. The van der Waals surface area contributed by atoms with E-state index < -0.39 is 91.7 Å². The minimum atomic E-state index is -5.55. The van der Waals surface area contributed by atoms with Crippen LogP contribution in [0.1, 0.15) is 22.8 Å². The number of aliphatic hydroxyl groups excluding tert-OH is 3. The number of carbonyl (C=O) groups is 1. The van der Waals surface area contributed by atoms with Crippen LogP contribution in [-0.4, -0.2) is 115 Å². The number of hydrogen-bond acceptors (Lipinski definition) is 18. The first kappa shape index (κ1) is 37.2. The van der Waals surface area contributed by atoms with E-state index in [-0.39, 0.29) is 28.2 Å². The number of aromatic carboxylic acids is 1. The summed E-state index contributed by atoms with van der Waals surface area (Å²) in [5.41, 5.74) is 11.2. The highest BCUT2D eigenvalue weighted by atomic mass is 31.3. The fraction of sp³-hybridized carbons (Fsp3) is 0.476. The van der Waals surface area contributed by atoms with Crippen molar-refractivity contribution in [3.63, 3.8) is 0 Å². The van der Waals surface area contributed by atoms with Crippen LogP contribution in [0.25, 0.3) is 11.2 Å². The number of pyridine rings is 1. The molecule has 0 aliphatic carbocycles. The molecule has 0 aromatic carbocycles. The number of fused-ring (bicyclic) bond motifs is 1. The number of nitrogens with two attached hydrogens (primary N) is 2. The van der Waals surface area contributed by atoms with E-state index in [2.05, 4.69) is 32.8 Å². The predicted molar refractivity (Wildman–Crippen MR) is 153 cm³/mol. The molecule has 5 heterocycles. The Balaban J connectivity index is 1.21. The van der Waals surface area contributed by atoms with Gasteiger partial charge in [-0.15, -0.1) is 0 Å². The molecule has 270 valence electrons. The lowest BCUT2D eigenvalue weighted by Gasteiger charge is -2.22. The molecule has 3 aromatic heterocycles. The van der Waals surface area contributed by atoms with Crippen molar-refractivity contribution in [2.45, 2.75) is 49.1 Å². The van der Waals surface area contributed by atoms with E-state index in [0.29, 0.717) is 0 Å². The predicted octanol–water partition coefficient (Wildman–Crippen LogP) is -2.72. The van der Waals surface area contributed by atoms with Gasteiger partial charge in [-0.1, -0.05) is 0 Å². The van der Waals surface area contributed by atoms with Crippen molar-refractivity contribution in [2.24, 2.45) is 0 Å². The number of carboxylic acid groups (broad SMARTS) is 1. The standard InChI is InChI=1S/C21H28N7O18P3/c22-9-1-8(21(32)33)2-27(3-9)19-15(31)13(29)10(43-19)4-41-48(37,38)46-49(39,40)42-5-11-14(30)16(45-47(34,35)36)20(44-11)28-7-26-12-17(23)24-6-25-18(12)28/h1-3,6-7,10-11,13-16,19-20,29-31H,4-5,22H2,(H6-,23,24,25,32,33,34,35,36,37,38,39,40)/p+1/t10-,11-,13-,14-,15-,16-,19-,20-/m1/s1. The number of carboxylic acids is 1. The van der Waals surface area contributed by atoms with Crippen molar-refractivity contribution in [3.8, 4) is 0 Å². The van der Waals surface area contributed by atoms with Crippen molar-refractivity contribution < 1.29 is 90.4 Å². The Labute approximate surface area is 272 Å². The summed E-state index contributed by atoms with van der Waals surface area (Å²) in [7, 11) is -16.4. The lowest BCUT2D eigenvalue weighted by Crippen LogP contribution is -2.46. The lowest BCUT2D eigenvalue weighted by atomic mass is 10.1. The van der Waals surface area contributed by atoms with Crippen LogP contribution >= 0.6 is 23.5 Å². The van der Waals surface area contributed by atoms with E-state index in [9.17, 15) is 58.5 Å². The zero-order valence-corrected chi connectivity index (χ0v) is 27.0. The van der Waals surface area contributed by atoms with Gasteiger partial charge in [0.1, 0.15) is 47.9 Å². The van der Waals surface area contributed by atoms with E-state index in [1.807, 2.05) is 0 Å². The summed E-state index contributed by atoms with van der Waals surface area (Å²) in [6.45, 7) is -2.11. The van der Waals surface area contributed by atoms with Crippen LogP contribution in [0.2, 0.25) is 0 Å². The van der Waals surface area contributed by atoms with Crippen molar-refractivity contribution in [2.75, 3.05) is 24.7 Å². The van der Waals surface area contributed by atoms with Crippen LogP contribution in [0.5, 0.6) is 0 Å². The number of nitrogen functional groups attached to an aromatic ring is 2. The van der Waals surface area contributed by atoms with Crippen molar-refractivity contribution in [3.05, 3.63) is 36.7 Å². The largest absolute Gasteiger partial charge is 0.481 e. The van der Waals surface area contributed by atoms with Crippen LogP contribution in [0, 0.1) is 0 Å². The quantitative estimate of drug-likeness (QED) is 0.0625. The molecule has 2 saturated heterocycles. The number of imidazole rings is 1. The first-order valence-corrected chi connectivity index (χ1v) is 18.0. The van der Waals surface area contributed by atoms with E-state index >= 15 is 0 Å². The third kappa shape index (κ3) is 8.46. The van der Waals surface area contributed by atoms with Gasteiger partial charge < -0.3 is 60.9 Å². The molecule has 2 aliphatic heterocycles. The Morgan fingerprint density at radius 1 is 0.918 bits per heavy atom. The number of phosphoric ester groups is 3. The minimum Gasteiger partial charge on any atom is -0.477 e. The highest BCUT2D eigenvalue weighted by Gasteiger charge is 2.51. The van der Waals surface area contributed by atoms with Crippen molar-refractivity contribution in [1.29, 1.82) is 0 Å². The van der Waals surface area contributed by atoms with Crippen molar-refractivity contribution in [1.82, 2.24) is 19.5 Å². The summed E-state index contributed by atoms with van der Waals surface area (Å²) < 4.78 is 68.1. The van der Waals surface area contributed by atoms with E-state index in [4.69, 9.17) is 20.9 Å². The molecule has 0 bridgehead atoms. The Bertz CT molecular complexity index is 1860. The zero-order chi connectivity index (χ0) is 36.1. The number of aromatic nitrogens is 5. The maximum absolute atomic E-state index is 12.6. The molecule has 3 aromatic rings. The Kier molecular flexibility index (Phi) is 10.6. The summed E-state index contributed by atoms with van der Waals surface area (Å²) in [5, 5.41) is 40.8. The SMILES string of the molecule is Nc1cc(C(=O)O)c[n+]([C@@H]2O[C@H](COP(=O)(O)OP(=O)(O)OC[C@H]3O[C@@H](n4cnc5c(N)ncnc54)[C@H](OP(=O)(O)O)[C@@H]3O)[C@@H](O)[C@H]2O)c1. The van der Waals surface area contributed by atoms with Gasteiger partial charge in [-0.05, 0) is 6.07 Å². The van der Waals surface area contributed by atoms with Crippen LogP contribution in [0.15, 0.2) is 31.1 Å². The van der Waals surface area contributed by atoms with Crippen LogP contribution in [0.3, 0.4) is 0 Å². The third-order valence-corrected chi connectivity index (χ3v) is 10.1. The third-order valence-electron chi connectivity index (χ3n) is 7.03. The van der Waals surface area contributed by atoms with E-state index in [1.165, 1.54) is 6.20 Å². The topological polar surface area (TPSA) is 385 Å². The van der Waals surface area contributed by atoms with Crippen LogP contribution in [-0.2, 0) is 41.1 Å². The molecule has 49 heavy (non-hydrogen) atoms. The molecule has 2 aliphatic rings. The summed E-state index contributed by atoms with van der Waals surface area (Å²) in [5.74, 6) is -1.43. The molecule has 10 atom stereocenters. The van der Waals surface area contributed by atoms with E-state index in [0.717, 1.165) is 34.1 Å². The number of rotatable bonds is 13. The highest BCUT2D eigenvalue weighted by Crippen LogP contribution is 2.61. The minimum absolute atomic E-state index is 0.00758. The molecule has 12 N–H and O–H groups in total. The Hall–Kier alpha value is -3.06. The summed E-state index contributed by atoms with van der Waals surface area (Å²) in [4.78, 5) is 62.0. The smallest absolute Gasteiger partial charge is 0.477 e. The fourth-order valence-electron chi connectivity index (χ4n) is 4.92. The molecule has 25 nitrogen and oxygen atoms in total. The molecule has 0 amide bonds. The van der Waals surface area contributed by atoms with Crippen LogP contribution < -0.4 is 16.0 Å².